The van der Waals surface area contributed by atoms with Crippen molar-refractivity contribution in [1.29, 1.82) is 0 Å². The molecule has 0 radical (unpaired) electrons. The van der Waals surface area contributed by atoms with Gasteiger partial charge in [0.1, 0.15) is 6.54 Å². The molecule has 130 valence electrons. The molecule has 0 saturated carbocycles. The Kier molecular flexibility index (Phi) is 4.62. The zero-order valence-electron chi connectivity index (χ0n) is 14.3. The predicted octanol–water partition coefficient (Wildman–Crippen LogP) is 1.21. The molecule has 2 bridgehead atoms. The number of nitrogens with zero attached hydrogens (tertiary/aromatic N) is 3. The van der Waals surface area contributed by atoms with E-state index >= 15 is 0 Å². The Balaban J connectivity index is 1.80. The van der Waals surface area contributed by atoms with E-state index in [-0.39, 0.29) is 36.2 Å². The Bertz CT molecular complexity index is 670. The van der Waals surface area contributed by atoms with Gasteiger partial charge in [-0.05, 0) is 36.8 Å². The van der Waals surface area contributed by atoms with E-state index in [9.17, 15) is 14.4 Å². The van der Waals surface area contributed by atoms with Gasteiger partial charge in [-0.2, -0.15) is 0 Å². The third kappa shape index (κ3) is 3.05. The minimum absolute atomic E-state index is 0.00739. The van der Waals surface area contributed by atoms with Gasteiger partial charge >= 0.3 is 0 Å². The molecule has 0 unspecified atom stereocenters. The van der Waals surface area contributed by atoms with Gasteiger partial charge in [-0.1, -0.05) is 0 Å². The number of rotatable bonds is 3. The van der Waals surface area contributed by atoms with Crippen LogP contribution >= 0.6 is 11.3 Å². The Morgan fingerprint density at radius 2 is 2.04 bits per heavy atom. The molecule has 3 amide bonds. The largest absolute Gasteiger partial charge is 0.347 e. The monoisotopic (exact) mass is 349 g/mol. The van der Waals surface area contributed by atoms with E-state index in [2.05, 4.69) is 0 Å². The molecule has 3 aliphatic heterocycles. The van der Waals surface area contributed by atoms with Crippen LogP contribution < -0.4 is 0 Å². The van der Waals surface area contributed by atoms with E-state index in [1.54, 1.807) is 23.9 Å². The average molecular weight is 349 g/mol. The van der Waals surface area contributed by atoms with Gasteiger partial charge in [0.2, 0.25) is 11.8 Å². The van der Waals surface area contributed by atoms with Crippen LogP contribution in [0.15, 0.2) is 11.4 Å². The van der Waals surface area contributed by atoms with Crippen LogP contribution in [0.4, 0.5) is 0 Å². The van der Waals surface area contributed by atoms with Gasteiger partial charge in [0.05, 0.1) is 10.8 Å². The average Bonchev–Trinajstić information content (AvgIpc) is 2.79. The summed E-state index contributed by atoms with van der Waals surface area (Å²) >= 11 is 1.45. The Morgan fingerprint density at radius 3 is 2.67 bits per heavy atom. The topological polar surface area (TPSA) is 60.9 Å². The van der Waals surface area contributed by atoms with Crippen LogP contribution in [0.5, 0.6) is 0 Å². The molecule has 0 spiro atoms. The van der Waals surface area contributed by atoms with Crippen LogP contribution in [-0.2, 0) is 9.59 Å². The van der Waals surface area contributed by atoms with Crippen LogP contribution in [0.1, 0.15) is 28.1 Å². The standard InChI is InChI=1S/C17H23N3O3S/c1-11-6-7-24-15(11)17(23)19-8-12-4-5-13(9-19)20(16(12)22)10-14(21)18(2)3/h6-7,12-13H,4-5,8-10H2,1-3H3/t12-,13+/m0/s1. The number of likely N-dealkylation sites (N-methyl/N-ethyl adjacent to an activating group) is 1. The van der Waals surface area contributed by atoms with Crippen LogP contribution in [0.3, 0.4) is 0 Å². The van der Waals surface area contributed by atoms with Gasteiger partial charge in [-0.15, -0.1) is 11.3 Å². The summed E-state index contributed by atoms with van der Waals surface area (Å²) in [6, 6.07) is 1.88. The summed E-state index contributed by atoms with van der Waals surface area (Å²) < 4.78 is 0. The molecule has 3 saturated heterocycles. The number of carbonyl (C=O) groups is 3. The first-order valence-electron chi connectivity index (χ1n) is 8.22. The maximum absolute atomic E-state index is 12.8. The highest BCUT2D eigenvalue weighted by atomic mass is 32.1. The van der Waals surface area contributed by atoms with Crippen molar-refractivity contribution in [1.82, 2.24) is 14.7 Å². The molecule has 3 aliphatic rings. The molecule has 6 nitrogen and oxygen atoms in total. The number of hydrogen-bond donors (Lipinski definition) is 0. The molecule has 1 aromatic heterocycles. The van der Waals surface area contributed by atoms with Crippen molar-refractivity contribution in [2.24, 2.45) is 5.92 Å². The van der Waals surface area contributed by atoms with Gasteiger partial charge in [0.25, 0.3) is 5.91 Å². The zero-order valence-corrected chi connectivity index (χ0v) is 15.1. The Morgan fingerprint density at radius 1 is 1.29 bits per heavy atom. The molecule has 4 heterocycles. The summed E-state index contributed by atoms with van der Waals surface area (Å²) in [6.07, 6.45) is 1.65. The number of carbonyl (C=O) groups excluding carboxylic acids is 3. The van der Waals surface area contributed by atoms with Crippen molar-refractivity contribution in [2.75, 3.05) is 33.7 Å². The fourth-order valence-electron chi connectivity index (χ4n) is 3.44. The van der Waals surface area contributed by atoms with Crippen LogP contribution in [0, 0.1) is 12.8 Å². The molecule has 4 rings (SSSR count). The number of hydrogen-bond acceptors (Lipinski definition) is 4. The summed E-state index contributed by atoms with van der Waals surface area (Å²) in [7, 11) is 3.39. The first kappa shape index (κ1) is 17.0. The molecule has 2 atom stereocenters. The van der Waals surface area contributed by atoms with Crippen LogP contribution in [0.25, 0.3) is 0 Å². The molecule has 1 aromatic rings. The first-order valence-corrected chi connectivity index (χ1v) is 9.10. The fourth-order valence-corrected chi connectivity index (χ4v) is 4.33. The molecule has 0 N–H and O–H groups in total. The van der Waals surface area contributed by atoms with Gasteiger partial charge in [0.15, 0.2) is 0 Å². The van der Waals surface area contributed by atoms with Crippen LogP contribution in [-0.4, -0.2) is 72.2 Å². The second-order valence-electron chi connectivity index (χ2n) is 6.83. The minimum atomic E-state index is -0.192. The van der Waals surface area contributed by atoms with Crippen LogP contribution in [0.2, 0.25) is 0 Å². The summed E-state index contributed by atoms with van der Waals surface area (Å²) in [5, 5.41) is 1.92. The van der Waals surface area contributed by atoms with Gasteiger partial charge in [-0.25, -0.2) is 0 Å². The lowest BCUT2D eigenvalue weighted by Gasteiger charge is -2.35. The molecule has 0 aromatic carbocycles. The van der Waals surface area contributed by atoms with Gasteiger partial charge in [-0.3, -0.25) is 14.4 Å². The van der Waals surface area contributed by atoms with E-state index in [0.717, 1.165) is 23.3 Å². The van der Waals surface area contributed by atoms with Crippen molar-refractivity contribution in [3.63, 3.8) is 0 Å². The SMILES string of the molecule is Cc1ccsc1C(=O)N1C[C@@H]2CC[C@H](C1)N(CC(=O)N(C)C)C2=O. The van der Waals surface area contributed by atoms with Gasteiger partial charge in [0, 0.05) is 33.2 Å². The lowest BCUT2D eigenvalue weighted by atomic mass is 9.94. The molecular formula is C17H23N3O3S. The van der Waals surface area contributed by atoms with E-state index in [4.69, 9.17) is 0 Å². The molecule has 0 aliphatic carbocycles. The third-order valence-electron chi connectivity index (χ3n) is 4.94. The number of fused-ring (bicyclic) bond motifs is 4. The smallest absolute Gasteiger partial charge is 0.264 e. The van der Waals surface area contributed by atoms with Gasteiger partial charge < -0.3 is 14.7 Å². The third-order valence-corrected chi connectivity index (χ3v) is 5.95. The lowest BCUT2D eigenvalue weighted by Crippen LogP contribution is -2.51. The molecule has 3 fully saturated rings. The summed E-state index contributed by atoms with van der Waals surface area (Å²) in [4.78, 5) is 43.3. The zero-order chi connectivity index (χ0) is 17.4. The van der Waals surface area contributed by atoms with E-state index in [0.29, 0.717) is 13.1 Å². The highest BCUT2D eigenvalue weighted by Crippen LogP contribution is 2.30. The number of amides is 3. The summed E-state index contributed by atoms with van der Waals surface area (Å²) in [5.41, 5.74) is 0.979. The van der Waals surface area contributed by atoms with E-state index < -0.39 is 0 Å². The summed E-state index contributed by atoms with van der Waals surface area (Å²) in [6.45, 7) is 3.01. The molecular weight excluding hydrogens is 326 g/mol. The minimum Gasteiger partial charge on any atom is -0.347 e. The van der Waals surface area contributed by atoms with E-state index in [1.807, 2.05) is 18.4 Å². The maximum atomic E-state index is 12.8. The normalized spacial score (nSPS) is 23.4. The Hall–Kier alpha value is -1.89. The maximum Gasteiger partial charge on any atom is 0.264 e. The van der Waals surface area contributed by atoms with Crippen molar-refractivity contribution in [2.45, 2.75) is 25.8 Å². The quantitative estimate of drug-likeness (QED) is 0.824. The second-order valence-corrected chi connectivity index (χ2v) is 7.74. The second kappa shape index (κ2) is 6.55. The van der Waals surface area contributed by atoms with Crippen molar-refractivity contribution >= 4 is 29.1 Å². The van der Waals surface area contributed by atoms with Crippen molar-refractivity contribution in [3.05, 3.63) is 21.9 Å². The fraction of sp³-hybridized carbons (Fsp3) is 0.588. The number of thiophene rings is 1. The predicted molar refractivity (Wildman–Crippen MR) is 91.9 cm³/mol. The summed E-state index contributed by atoms with van der Waals surface area (Å²) in [5.74, 6) is -0.251. The van der Waals surface area contributed by atoms with E-state index in [1.165, 1.54) is 16.2 Å². The molecule has 24 heavy (non-hydrogen) atoms. The number of aryl methyl sites for hydroxylation is 1. The highest BCUT2D eigenvalue weighted by molar-refractivity contribution is 7.12. The van der Waals surface area contributed by atoms with Crippen molar-refractivity contribution in [3.8, 4) is 0 Å². The molecule has 7 heteroatoms. The first-order chi connectivity index (χ1) is 11.4. The highest BCUT2D eigenvalue weighted by Gasteiger charge is 2.42. The number of piperidine rings is 1. The van der Waals surface area contributed by atoms with Crippen molar-refractivity contribution < 1.29 is 14.4 Å². The Labute approximate surface area is 146 Å². The lowest BCUT2D eigenvalue weighted by molar-refractivity contribution is -0.145.